The third-order valence-electron chi connectivity index (χ3n) is 5.25. The number of allylic oxidation sites excluding steroid dienone is 2. The van der Waals surface area contributed by atoms with Crippen molar-refractivity contribution in [2.45, 2.75) is 39.2 Å². The first kappa shape index (κ1) is 11.7. The van der Waals surface area contributed by atoms with Gasteiger partial charge in [-0.3, -0.25) is 4.90 Å². The van der Waals surface area contributed by atoms with Crippen molar-refractivity contribution in [3.05, 3.63) is 11.6 Å². The second-order valence-electron chi connectivity index (χ2n) is 6.13. The van der Waals surface area contributed by atoms with E-state index in [0.717, 1.165) is 17.9 Å². The van der Waals surface area contributed by atoms with Crippen molar-refractivity contribution in [3.8, 4) is 0 Å². The summed E-state index contributed by atoms with van der Waals surface area (Å²) in [5.74, 6) is 1.89. The Bertz CT molecular complexity index is 296. The minimum atomic E-state index is 0.892. The van der Waals surface area contributed by atoms with Gasteiger partial charge >= 0.3 is 0 Å². The summed E-state index contributed by atoms with van der Waals surface area (Å²) in [5.41, 5.74) is 1.74. The first-order chi connectivity index (χ1) is 8.28. The topological polar surface area (TPSA) is 6.48 Å². The number of nitrogens with zero attached hydrogens (tertiary/aromatic N) is 2. The zero-order chi connectivity index (χ0) is 11.8. The summed E-state index contributed by atoms with van der Waals surface area (Å²) in [4.78, 5) is 5.32. The molecule has 0 N–H and O–H groups in total. The van der Waals surface area contributed by atoms with E-state index in [4.69, 9.17) is 0 Å². The average molecular weight is 234 g/mol. The van der Waals surface area contributed by atoms with E-state index in [1.807, 2.05) is 0 Å². The molecule has 3 aliphatic rings. The molecule has 0 aromatic carbocycles. The monoisotopic (exact) mass is 234 g/mol. The van der Waals surface area contributed by atoms with Crippen molar-refractivity contribution in [3.63, 3.8) is 0 Å². The Balaban J connectivity index is 1.42. The summed E-state index contributed by atoms with van der Waals surface area (Å²) in [7, 11) is 0. The maximum absolute atomic E-state index is 2.75. The van der Waals surface area contributed by atoms with Gasteiger partial charge in [-0.05, 0) is 37.6 Å². The SMILES string of the molecule is CCN1CCN([C@H]2C[C@H]([C@H](C)C3=CC3)C2)CC1. The van der Waals surface area contributed by atoms with Gasteiger partial charge in [0.05, 0.1) is 0 Å². The standard InChI is InChI=1S/C15H26N2/c1-3-16-6-8-17(9-7-16)15-10-14(11-15)12(2)13-4-5-13/h4,12,14-15H,3,5-11H2,1-2H3/t12-,14-,15-/m1/s1. The van der Waals surface area contributed by atoms with Crippen LogP contribution in [0.4, 0.5) is 0 Å². The smallest absolute Gasteiger partial charge is 0.0113 e. The van der Waals surface area contributed by atoms with Crippen LogP contribution in [0.3, 0.4) is 0 Å². The molecule has 1 saturated carbocycles. The largest absolute Gasteiger partial charge is 0.301 e. The third kappa shape index (κ3) is 2.43. The van der Waals surface area contributed by atoms with Gasteiger partial charge in [-0.25, -0.2) is 0 Å². The number of rotatable bonds is 4. The van der Waals surface area contributed by atoms with Crippen molar-refractivity contribution < 1.29 is 0 Å². The van der Waals surface area contributed by atoms with Crippen LogP contribution in [0.25, 0.3) is 0 Å². The first-order valence-corrected chi connectivity index (χ1v) is 7.43. The second-order valence-corrected chi connectivity index (χ2v) is 6.13. The van der Waals surface area contributed by atoms with E-state index in [-0.39, 0.29) is 0 Å². The zero-order valence-electron chi connectivity index (χ0n) is 11.4. The van der Waals surface area contributed by atoms with Crippen LogP contribution in [0.5, 0.6) is 0 Å². The first-order valence-electron chi connectivity index (χ1n) is 7.43. The number of piperazine rings is 1. The van der Waals surface area contributed by atoms with Crippen LogP contribution >= 0.6 is 0 Å². The lowest BCUT2D eigenvalue weighted by Crippen LogP contribution is -2.54. The molecule has 2 aliphatic carbocycles. The van der Waals surface area contributed by atoms with E-state index in [2.05, 4.69) is 29.7 Å². The van der Waals surface area contributed by atoms with Gasteiger partial charge in [0.1, 0.15) is 0 Å². The summed E-state index contributed by atoms with van der Waals surface area (Å²) in [6.45, 7) is 11.1. The van der Waals surface area contributed by atoms with E-state index in [1.54, 1.807) is 5.57 Å². The quantitative estimate of drug-likeness (QED) is 0.689. The van der Waals surface area contributed by atoms with Gasteiger partial charge in [0.15, 0.2) is 0 Å². The van der Waals surface area contributed by atoms with Crippen molar-refractivity contribution in [2.24, 2.45) is 11.8 Å². The molecular formula is C15H26N2. The summed E-state index contributed by atoms with van der Waals surface area (Å²) in [6, 6.07) is 0.917. The maximum atomic E-state index is 2.75. The number of hydrogen-bond donors (Lipinski definition) is 0. The highest BCUT2D eigenvalue weighted by atomic mass is 15.3. The highest BCUT2D eigenvalue weighted by Crippen LogP contribution is 2.44. The molecule has 0 unspecified atom stereocenters. The molecule has 0 spiro atoms. The van der Waals surface area contributed by atoms with Crippen molar-refractivity contribution >= 4 is 0 Å². The van der Waals surface area contributed by atoms with E-state index in [1.165, 1.54) is 52.0 Å². The molecule has 2 fully saturated rings. The predicted octanol–water partition coefficient (Wildman–Crippen LogP) is 2.37. The third-order valence-corrected chi connectivity index (χ3v) is 5.25. The maximum Gasteiger partial charge on any atom is 0.0113 e. The van der Waals surface area contributed by atoms with Crippen LogP contribution < -0.4 is 0 Å². The van der Waals surface area contributed by atoms with Gasteiger partial charge in [-0.15, -0.1) is 0 Å². The fourth-order valence-electron chi connectivity index (χ4n) is 3.51. The molecule has 2 heteroatoms. The van der Waals surface area contributed by atoms with Crippen LogP contribution in [0.2, 0.25) is 0 Å². The van der Waals surface area contributed by atoms with Gasteiger partial charge < -0.3 is 4.90 Å². The Morgan fingerprint density at radius 2 is 1.88 bits per heavy atom. The Hall–Kier alpha value is -0.340. The molecule has 0 aromatic heterocycles. The number of hydrogen-bond acceptors (Lipinski definition) is 2. The molecule has 1 aliphatic heterocycles. The van der Waals surface area contributed by atoms with Crippen LogP contribution in [0.1, 0.15) is 33.1 Å². The second kappa shape index (κ2) is 4.74. The Morgan fingerprint density at radius 1 is 1.24 bits per heavy atom. The lowest BCUT2D eigenvalue weighted by atomic mass is 9.71. The van der Waals surface area contributed by atoms with Crippen LogP contribution in [-0.2, 0) is 0 Å². The molecule has 96 valence electrons. The van der Waals surface area contributed by atoms with E-state index in [9.17, 15) is 0 Å². The summed E-state index contributed by atoms with van der Waals surface area (Å²) < 4.78 is 0. The summed E-state index contributed by atoms with van der Waals surface area (Å²) in [5, 5.41) is 0. The molecule has 17 heavy (non-hydrogen) atoms. The minimum Gasteiger partial charge on any atom is -0.301 e. The average Bonchev–Trinajstić information content (AvgIpc) is 3.11. The van der Waals surface area contributed by atoms with Gasteiger partial charge in [0.2, 0.25) is 0 Å². The zero-order valence-corrected chi connectivity index (χ0v) is 11.4. The molecule has 0 amide bonds. The lowest BCUT2D eigenvalue weighted by Gasteiger charge is -2.48. The fraction of sp³-hybridized carbons (Fsp3) is 0.867. The minimum absolute atomic E-state index is 0.892. The Labute approximate surface area is 106 Å². The fourth-order valence-corrected chi connectivity index (χ4v) is 3.51. The van der Waals surface area contributed by atoms with Gasteiger partial charge in [0.25, 0.3) is 0 Å². The van der Waals surface area contributed by atoms with Gasteiger partial charge in [0, 0.05) is 32.2 Å². The van der Waals surface area contributed by atoms with E-state index >= 15 is 0 Å². The highest BCUT2D eigenvalue weighted by molar-refractivity contribution is 5.25. The number of likely N-dealkylation sites (N-methyl/N-ethyl adjacent to an activating group) is 1. The van der Waals surface area contributed by atoms with Crippen LogP contribution in [0, 0.1) is 11.8 Å². The molecule has 1 heterocycles. The predicted molar refractivity (Wildman–Crippen MR) is 72.1 cm³/mol. The molecular weight excluding hydrogens is 208 g/mol. The van der Waals surface area contributed by atoms with Crippen LogP contribution in [0.15, 0.2) is 11.6 Å². The normalized spacial score (nSPS) is 36.2. The van der Waals surface area contributed by atoms with Crippen LogP contribution in [-0.4, -0.2) is 48.6 Å². The molecule has 2 nitrogen and oxygen atoms in total. The van der Waals surface area contributed by atoms with E-state index < -0.39 is 0 Å². The molecule has 1 atom stereocenters. The van der Waals surface area contributed by atoms with Crippen molar-refractivity contribution in [2.75, 3.05) is 32.7 Å². The Kier molecular flexibility index (Phi) is 3.27. The molecule has 0 aromatic rings. The molecule has 0 bridgehead atoms. The summed E-state index contributed by atoms with van der Waals surface area (Å²) in [6.07, 6.45) is 6.66. The summed E-state index contributed by atoms with van der Waals surface area (Å²) >= 11 is 0. The highest BCUT2D eigenvalue weighted by Gasteiger charge is 2.39. The molecule has 3 rings (SSSR count). The van der Waals surface area contributed by atoms with Crippen molar-refractivity contribution in [1.82, 2.24) is 9.80 Å². The van der Waals surface area contributed by atoms with Crippen molar-refractivity contribution in [1.29, 1.82) is 0 Å². The Morgan fingerprint density at radius 3 is 2.41 bits per heavy atom. The van der Waals surface area contributed by atoms with Gasteiger partial charge in [-0.1, -0.05) is 25.5 Å². The van der Waals surface area contributed by atoms with E-state index in [0.29, 0.717) is 0 Å². The molecule has 0 radical (unpaired) electrons. The van der Waals surface area contributed by atoms with Gasteiger partial charge in [-0.2, -0.15) is 0 Å². The lowest BCUT2D eigenvalue weighted by molar-refractivity contribution is 0.0234. The molecule has 1 saturated heterocycles.